The predicted octanol–water partition coefficient (Wildman–Crippen LogP) is -1.26. The molecule has 0 saturated carbocycles. The molecule has 7 N–H and O–H groups in total. The van der Waals surface area contributed by atoms with Gasteiger partial charge in [-0.2, -0.15) is 4.98 Å². The maximum Gasteiger partial charge on any atom is 0.280 e. The number of ether oxygens (including phenoxy) is 5. The minimum Gasteiger partial charge on any atom is -0.391 e. The number of aromatic amines is 1. The maximum atomic E-state index is 11.8. The zero-order valence-corrected chi connectivity index (χ0v) is 22.4. The van der Waals surface area contributed by atoms with E-state index in [1.807, 2.05) is 20.8 Å². The van der Waals surface area contributed by atoms with E-state index < -0.39 is 65.6 Å². The van der Waals surface area contributed by atoms with Crippen LogP contribution in [0.3, 0.4) is 0 Å². The average molecular weight is 544 g/mol. The van der Waals surface area contributed by atoms with Crippen LogP contribution in [0.15, 0.2) is 11.1 Å². The van der Waals surface area contributed by atoms with Gasteiger partial charge in [0.15, 0.2) is 29.5 Å². The molecule has 2 aromatic heterocycles. The van der Waals surface area contributed by atoms with Gasteiger partial charge in [-0.3, -0.25) is 14.3 Å². The minimum atomic E-state index is -1.71. The number of nitrogens with one attached hydrogen (secondary N) is 1. The van der Waals surface area contributed by atoms with Crippen molar-refractivity contribution >= 4 is 17.1 Å². The Morgan fingerprint density at radius 1 is 1.16 bits per heavy atom. The van der Waals surface area contributed by atoms with Crippen molar-refractivity contribution in [1.82, 2.24) is 19.5 Å². The van der Waals surface area contributed by atoms with Gasteiger partial charge in [-0.1, -0.05) is 0 Å². The van der Waals surface area contributed by atoms with Crippen LogP contribution >= 0.6 is 0 Å². The summed E-state index contributed by atoms with van der Waals surface area (Å²) in [5.41, 5.74) is 2.77. The zero-order valence-electron chi connectivity index (χ0n) is 22.4. The lowest BCUT2D eigenvalue weighted by molar-refractivity contribution is -0.255. The molecule has 214 valence electrons. The highest BCUT2D eigenvalue weighted by atomic mass is 16.8. The van der Waals surface area contributed by atoms with Gasteiger partial charge in [0.25, 0.3) is 5.56 Å². The number of nitrogens with zero attached hydrogens (tertiary/aromatic N) is 3. The second-order valence-corrected chi connectivity index (χ2v) is 10.8. The fourth-order valence-corrected chi connectivity index (χ4v) is 5.29. The Hall–Kier alpha value is -2.21. The summed E-state index contributed by atoms with van der Waals surface area (Å²) in [6, 6.07) is 0. The second kappa shape index (κ2) is 9.76. The molecule has 38 heavy (non-hydrogen) atoms. The van der Waals surface area contributed by atoms with Gasteiger partial charge in [0, 0.05) is 7.11 Å². The molecule has 5 heterocycles. The number of hydrogen-bond donors (Lipinski definition) is 6. The van der Waals surface area contributed by atoms with Crippen molar-refractivity contribution < 1.29 is 44.1 Å². The smallest absolute Gasteiger partial charge is 0.280 e. The first-order chi connectivity index (χ1) is 17.5. The minimum absolute atomic E-state index is 0.0311. The number of rotatable bonds is 4. The fourth-order valence-electron chi connectivity index (χ4n) is 5.29. The van der Waals surface area contributed by atoms with Crippen molar-refractivity contribution in [3.8, 4) is 0 Å². The van der Waals surface area contributed by atoms with Gasteiger partial charge in [0.2, 0.25) is 5.95 Å². The molecule has 0 spiro atoms. The lowest BCUT2D eigenvalue weighted by Crippen LogP contribution is -2.45. The Bertz CT molecular complexity index is 1210. The lowest BCUT2D eigenvalue weighted by Gasteiger charge is -2.28. The van der Waals surface area contributed by atoms with E-state index in [-0.39, 0.29) is 23.2 Å². The molecule has 15 heteroatoms. The Balaban J connectivity index is 0.000000186. The van der Waals surface area contributed by atoms with Crippen LogP contribution in [0.5, 0.6) is 0 Å². The van der Waals surface area contributed by atoms with Crippen molar-refractivity contribution in [3.63, 3.8) is 0 Å². The lowest BCUT2D eigenvalue weighted by atomic mass is 9.94. The summed E-state index contributed by atoms with van der Waals surface area (Å²) >= 11 is 0. The summed E-state index contributed by atoms with van der Waals surface area (Å²) in [5, 5.41) is 40.0. The normalized spacial score (nSPS) is 39.6. The van der Waals surface area contributed by atoms with Crippen LogP contribution in [0.4, 0.5) is 5.95 Å². The number of methoxy groups -OCH3 is 1. The highest BCUT2D eigenvalue weighted by Gasteiger charge is 2.64. The van der Waals surface area contributed by atoms with Gasteiger partial charge in [-0.15, -0.1) is 0 Å². The molecule has 0 amide bonds. The maximum absolute atomic E-state index is 11.8. The Kier molecular flexibility index (Phi) is 7.40. The van der Waals surface area contributed by atoms with Crippen LogP contribution in [-0.4, -0.2) is 107 Å². The number of aromatic nitrogens is 4. The van der Waals surface area contributed by atoms with Crippen LogP contribution in [0.1, 0.15) is 47.8 Å². The SMILES string of the molecule is COC1O[C@H]([C@H](C)O)[C@H]2OC(C)(C)O[C@@]12C.C[C@H](O)[C@H]1O[C@@H](n2cnc3c(=O)[nH]c(N)nc32)[C@](C)(O)[C@@H]1O. The average Bonchev–Trinajstić information content (AvgIpc) is 3.45. The standard InChI is InChI=1S/C12H17N5O5.C11H20O5/c1-4(18)6-7(19)12(2,21)10(22-6)17-3-14-5-8(17)15-11(13)16-9(5)20;1-6(12)7-8-11(4,9(13-5)14-7)16-10(2,3)15-8/h3-4,6-7,10,18-19,21H,1-2H3,(H3,13,15,16,20);6-9,12H,1-5H3/t4-,6+,7+,10+,12+;6-,7+,8+,9?,11+/m00/s1. The molecule has 10 atom stereocenters. The van der Waals surface area contributed by atoms with E-state index in [1.54, 1.807) is 14.0 Å². The molecule has 0 radical (unpaired) electrons. The van der Waals surface area contributed by atoms with Gasteiger partial charge in [0.05, 0.1) is 18.5 Å². The van der Waals surface area contributed by atoms with Gasteiger partial charge < -0.3 is 49.8 Å². The van der Waals surface area contributed by atoms with E-state index in [4.69, 9.17) is 29.4 Å². The summed E-state index contributed by atoms with van der Waals surface area (Å²) in [6.07, 6.45) is -5.00. The number of aliphatic hydroxyl groups excluding tert-OH is 3. The van der Waals surface area contributed by atoms with E-state index >= 15 is 0 Å². The van der Waals surface area contributed by atoms with Crippen LogP contribution < -0.4 is 11.3 Å². The van der Waals surface area contributed by atoms with Gasteiger partial charge in [0.1, 0.15) is 35.6 Å². The summed E-state index contributed by atoms with van der Waals surface area (Å²) in [7, 11) is 1.56. The largest absolute Gasteiger partial charge is 0.391 e. The molecule has 0 aliphatic carbocycles. The first-order valence-electron chi connectivity index (χ1n) is 12.2. The van der Waals surface area contributed by atoms with Crippen molar-refractivity contribution in [1.29, 1.82) is 0 Å². The monoisotopic (exact) mass is 543 g/mol. The fraction of sp³-hybridized carbons (Fsp3) is 0.783. The topological polar surface area (TPSA) is 217 Å². The Morgan fingerprint density at radius 2 is 1.79 bits per heavy atom. The number of anilines is 1. The Morgan fingerprint density at radius 3 is 2.34 bits per heavy atom. The van der Waals surface area contributed by atoms with Crippen molar-refractivity contribution in [3.05, 3.63) is 16.7 Å². The first kappa shape index (κ1) is 28.8. The third kappa shape index (κ3) is 4.71. The zero-order chi connectivity index (χ0) is 28.4. The highest BCUT2D eigenvalue weighted by Crippen LogP contribution is 2.47. The highest BCUT2D eigenvalue weighted by molar-refractivity contribution is 5.70. The van der Waals surface area contributed by atoms with E-state index in [1.165, 1.54) is 24.7 Å². The molecular formula is C23H37N5O10. The van der Waals surface area contributed by atoms with Crippen molar-refractivity contribution in [2.75, 3.05) is 12.8 Å². The molecule has 15 nitrogen and oxygen atoms in total. The summed E-state index contributed by atoms with van der Waals surface area (Å²) in [4.78, 5) is 22.0. The van der Waals surface area contributed by atoms with E-state index in [0.717, 1.165) is 0 Å². The van der Waals surface area contributed by atoms with Gasteiger partial charge in [-0.05, 0) is 41.5 Å². The number of hydrogen-bond acceptors (Lipinski definition) is 13. The van der Waals surface area contributed by atoms with Crippen LogP contribution in [-0.2, 0) is 23.7 Å². The van der Waals surface area contributed by atoms with Crippen LogP contribution in [0.25, 0.3) is 11.2 Å². The molecule has 1 unspecified atom stereocenters. The second-order valence-electron chi connectivity index (χ2n) is 10.8. The molecule has 3 aliphatic heterocycles. The number of H-pyrrole nitrogens is 1. The van der Waals surface area contributed by atoms with Crippen molar-refractivity contribution in [2.24, 2.45) is 0 Å². The van der Waals surface area contributed by atoms with E-state index in [2.05, 4.69) is 15.0 Å². The first-order valence-corrected chi connectivity index (χ1v) is 12.2. The molecule has 0 bridgehead atoms. The molecule has 3 saturated heterocycles. The summed E-state index contributed by atoms with van der Waals surface area (Å²) in [5.74, 6) is -0.780. The quantitative estimate of drug-likeness (QED) is 0.266. The third-order valence-electron chi connectivity index (χ3n) is 7.05. The molecule has 3 fully saturated rings. The third-order valence-corrected chi connectivity index (χ3v) is 7.05. The van der Waals surface area contributed by atoms with Crippen LogP contribution in [0, 0.1) is 0 Å². The summed E-state index contributed by atoms with van der Waals surface area (Å²) in [6.45, 7) is 10.1. The number of aliphatic hydroxyl groups is 4. The number of fused-ring (bicyclic) bond motifs is 2. The van der Waals surface area contributed by atoms with E-state index in [0.29, 0.717) is 0 Å². The van der Waals surface area contributed by atoms with Gasteiger partial charge >= 0.3 is 0 Å². The Labute approximate surface area is 218 Å². The van der Waals surface area contributed by atoms with Crippen molar-refractivity contribution in [2.45, 2.75) is 108 Å². The van der Waals surface area contributed by atoms with Gasteiger partial charge in [-0.25, -0.2) is 4.98 Å². The molecule has 2 aromatic rings. The predicted molar refractivity (Wildman–Crippen MR) is 131 cm³/mol. The molecule has 5 rings (SSSR count). The van der Waals surface area contributed by atoms with E-state index in [9.17, 15) is 25.2 Å². The number of imidazole rings is 1. The molecular weight excluding hydrogens is 506 g/mol. The molecule has 3 aliphatic rings. The summed E-state index contributed by atoms with van der Waals surface area (Å²) < 4.78 is 29.4. The van der Waals surface area contributed by atoms with Crippen LogP contribution in [0.2, 0.25) is 0 Å². The molecule has 0 aromatic carbocycles. The number of nitrogens with two attached hydrogens (primary N) is 1. The number of nitrogen functional groups attached to an aromatic ring is 1.